The van der Waals surface area contributed by atoms with Crippen molar-refractivity contribution in [3.8, 4) is 11.3 Å². The molecule has 0 radical (unpaired) electrons. The molecule has 0 spiro atoms. The van der Waals surface area contributed by atoms with Crippen LogP contribution < -0.4 is 5.56 Å². The van der Waals surface area contributed by atoms with Crippen molar-refractivity contribution in [2.24, 2.45) is 7.05 Å². The first-order valence-corrected chi connectivity index (χ1v) is 6.01. The van der Waals surface area contributed by atoms with Gasteiger partial charge in [0.1, 0.15) is 5.82 Å². The van der Waals surface area contributed by atoms with Gasteiger partial charge in [0.2, 0.25) is 0 Å². The van der Waals surface area contributed by atoms with Gasteiger partial charge in [0.05, 0.1) is 5.69 Å². The minimum atomic E-state index is -0.334. The molecule has 0 N–H and O–H groups in total. The summed E-state index contributed by atoms with van der Waals surface area (Å²) in [4.78, 5) is 12.3. The molecule has 0 aliphatic rings. The van der Waals surface area contributed by atoms with Crippen LogP contribution in [0.4, 0.5) is 4.39 Å². The minimum absolute atomic E-state index is 0.114. The van der Waals surface area contributed by atoms with Crippen molar-refractivity contribution >= 4 is 10.8 Å². The first kappa shape index (κ1) is 11.7. The zero-order chi connectivity index (χ0) is 13.4. The van der Waals surface area contributed by atoms with Crippen LogP contribution in [0.2, 0.25) is 0 Å². The van der Waals surface area contributed by atoms with E-state index in [1.165, 1.54) is 18.2 Å². The molecule has 0 bridgehead atoms. The highest BCUT2D eigenvalue weighted by Crippen LogP contribution is 2.21. The van der Waals surface area contributed by atoms with E-state index in [4.69, 9.17) is 0 Å². The van der Waals surface area contributed by atoms with Crippen molar-refractivity contribution in [2.75, 3.05) is 0 Å². The number of halogens is 1. The number of fused-ring (bicyclic) bond motifs is 1. The Morgan fingerprint density at radius 1 is 1.00 bits per heavy atom. The molecule has 0 unspecified atom stereocenters. The van der Waals surface area contributed by atoms with Crippen molar-refractivity contribution in [1.29, 1.82) is 0 Å². The van der Waals surface area contributed by atoms with Gasteiger partial charge in [-0.1, -0.05) is 30.3 Å². The minimum Gasteiger partial charge on any atom is -0.311 e. The van der Waals surface area contributed by atoms with Gasteiger partial charge in [0.25, 0.3) is 5.56 Å². The van der Waals surface area contributed by atoms with Gasteiger partial charge >= 0.3 is 0 Å². The van der Waals surface area contributed by atoms with E-state index in [1.807, 2.05) is 36.4 Å². The standard InChI is InChI=1S/C16H12FNO/c1-18-15(11-5-3-2-4-6-11)10-12-9-13(17)7-8-14(12)16(18)19/h2-10H,1H3. The summed E-state index contributed by atoms with van der Waals surface area (Å²) in [5.74, 6) is -0.334. The summed E-state index contributed by atoms with van der Waals surface area (Å²) in [5, 5.41) is 1.16. The largest absolute Gasteiger partial charge is 0.311 e. The first-order chi connectivity index (χ1) is 9.16. The maximum absolute atomic E-state index is 13.3. The van der Waals surface area contributed by atoms with Gasteiger partial charge in [-0.25, -0.2) is 4.39 Å². The lowest BCUT2D eigenvalue weighted by atomic mass is 10.1. The molecule has 0 aliphatic carbocycles. The van der Waals surface area contributed by atoms with Crippen molar-refractivity contribution in [2.45, 2.75) is 0 Å². The lowest BCUT2D eigenvalue weighted by Crippen LogP contribution is -2.18. The second kappa shape index (κ2) is 4.35. The Labute approximate surface area is 109 Å². The molecule has 0 amide bonds. The number of aromatic nitrogens is 1. The van der Waals surface area contributed by atoms with E-state index in [2.05, 4.69) is 0 Å². The molecule has 94 valence electrons. The molecule has 3 rings (SSSR count). The second-order valence-corrected chi connectivity index (χ2v) is 4.49. The Hall–Kier alpha value is -2.42. The van der Waals surface area contributed by atoms with Gasteiger partial charge in [-0.2, -0.15) is 0 Å². The van der Waals surface area contributed by atoms with Gasteiger partial charge in [-0.3, -0.25) is 4.79 Å². The molecule has 3 aromatic rings. The lowest BCUT2D eigenvalue weighted by molar-refractivity contribution is 0.629. The number of benzene rings is 2. The van der Waals surface area contributed by atoms with Gasteiger partial charge < -0.3 is 4.57 Å². The number of pyridine rings is 1. The second-order valence-electron chi connectivity index (χ2n) is 4.49. The summed E-state index contributed by atoms with van der Waals surface area (Å²) in [6.45, 7) is 0. The molecule has 2 aromatic carbocycles. The van der Waals surface area contributed by atoms with E-state index in [0.29, 0.717) is 10.8 Å². The van der Waals surface area contributed by atoms with Crippen LogP contribution in [0.3, 0.4) is 0 Å². The molecule has 3 heteroatoms. The topological polar surface area (TPSA) is 22.0 Å². The summed E-state index contributed by atoms with van der Waals surface area (Å²) in [7, 11) is 1.73. The third kappa shape index (κ3) is 1.93. The summed E-state index contributed by atoms with van der Waals surface area (Å²) in [6, 6.07) is 15.7. The van der Waals surface area contributed by atoms with Crippen molar-refractivity contribution in [3.05, 3.63) is 70.8 Å². The predicted molar refractivity (Wildman–Crippen MR) is 74.6 cm³/mol. The third-order valence-electron chi connectivity index (χ3n) is 3.27. The first-order valence-electron chi connectivity index (χ1n) is 6.01. The van der Waals surface area contributed by atoms with Crippen LogP contribution in [0.15, 0.2) is 59.4 Å². The van der Waals surface area contributed by atoms with Crippen LogP contribution >= 0.6 is 0 Å². The Bertz CT molecular complexity index is 806. The fourth-order valence-corrected chi connectivity index (χ4v) is 2.27. The van der Waals surface area contributed by atoms with E-state index in [0.717, 1.165) is 11.3 Å². The molecule has 0 fully saturated rings. The Balaban J connectivity index is 2.38. The predicted octanol–water partition coefficient (Wildman–Crippen LogP) is 3.34. The number of hydrogen-bond donors (Lipinski definition) is 0. The average molecular weight is 253 g/mol. The van der Waals surface area contributed by atoms with Crippen molar-refractivity contribution in [3.63, 3.8) is 0 Å². The summed E-state index contributed by atoms with van der Waals surface area (Å²) < 4.78 is 14.9. The third-order valence-corrected chi connectivity index (χ3v) is 3.27. The molecular weight excluding hydrogens is 241 g/mol. The Morgan fingerprint density at radius 2 is 1.74 bits per heavy atom. The van der Waals surface area contributed by atoms with Crippen molar-refractivity contribution < 1.29 is 4.39 Å². The SMILES string of the molecule is Cn1c(-c2ccccc2)cc2cc(F)ccc2c1=O. The smallest absolute Gasteiger partial charge is 0.258 e. The molecule has 2 nitrogen and oxygen atoms in total. The highest BCUT2D eigenvalue weighted by atomic mass is 19.1. The maximum Gasteiger partial charge on any atom is 0.258 e. The lowest BCUT2D eigenvalue weighted by Gasteiger charge is -2.10. The zero-order valence-corrected chi connectivity index (χ0v) is 10.4. The van der Waals surface area contributed by atoms with Crippen LogP contribution in [0.1, 0.15) is 0 Å². The fraction of sp³-hybridized carbons (Fsp3) is 0.0625. The van der Waals surface area contributed by atoms with Crippen LogP contribution in [-0.2, 0) is 7.05 Å². The quantitative estimate of drug-likeness (QED) is 0.652. The number of hydrogen-bond acceptors (Lipinski definition) is 1. The van der Waals surface area contributed by atoms with E-state index in [9.17, 15) is 9.18 Å². The van der Waals surface area contributed by atoms with Gasteiger partial charge in [-0.05, 0) is 35.2 Å². The summed E-state index contributed by atoms with van der Waals surface area (Å²) >= 11 is 0. The summed E-state index contributed by atoms with van der Waals surface area (Å²) in [6.07, 6.45) is 0. The maximum atomic E-state index is 13.3. The number of rotatable bonds is 1. The molecule has 1 aromatic heterocycles. The Kier molecular flexibility index (Phi) is 2.67. The van der Waals surface area contributed by atoms with E-state index < -0.39 is 0 Å². The molecule has 0 saturated heterocycles. The molecule has 0 saturated carbocycles. The van der Waals surface area contributed by atoms with E-state index >= 15 is 0 Å². The van der Waals surface area contributed by atoms with Gasteiger partial charge in [0, 0.05) is 12.4 Å². The Morgan fingerprint density at radius 3 is 2.47 bits per heavy atom. The zero-order valence-electron chi connectivity index (χ0n) is 10.4. The molecule has 0 aliphatic heterocycles. The number of nitrogens with zero attached hydrogens (tertiary/aromatic N) is 1. The van der Waals surface area contributed by atoms with Crippen LogP contribution in [0.5, 0.6) is 0 Å². The van der Waals surface area contributed by atoms with Gasteiger partial charge in [0.15, 0.2) is 0 Å². The van der Waals surface area contributed by atoms with Crippen LogP contribution in [-0.4, -0.2) is 4.57 Å². The van der Waals surface area contributed by atoms with E-state index in [1.54, 1.807) is 11.6 Å². The molecule has 19 heavy (non-hydrogen) atoms. The highest BCUT2D eigenvalue weighted by molar-refractivity contribution is 5.85. The van der Waals surface area contributed by atoms with E-state index in [-0.39, 0.29) is 11.4 Å². The van der Waals surface area contributed by atoms with Gasteiger partial charge in [-0.15, -0.1) is 0 Å². The fourth-order valence-electron chi connectivity index (χ4n) is 2.27. The average Bonchev–Trinajstić information content (AvgIpc) is 2.43. The van der Waals surface area contributed by atoms with Crippen LogP contribution in [0, 0.1) is 5.82 Å². The van der Waals surface area contributed by atoms with Crippen LogP contribution in [0.25, 0.3) is 22.0 Å². The normalized spacial score (nSPS) is 10.8. The molecular formula is C16H12FNO. The monoisotopic (exact) mass is 253 g/mol. The molecule has 0 atom stereocenters. The molecule has 1 heterocycles. The van der Waals surface area contributed by atoms with Crippen molar-refractivity contribution in [1.82, 2.24) is 4.57 Å². The highest BCUT2D eigenvalue weighted by Gasteiger charge is 2.08. The summed E-state index contributed by atoms with van der Waals surface area (Å²) in [5.41, 5.74) is 1.60.